The third-order valence-corrected chi connectivity index (χ3v) is 6.24. The average Bonchev–Trinajstić information content (AvgIpc) is 3.23. The molecular weight excluding hydrogens is 382 g/mol. The summed E-state index contributed by atoms with van der Waals surface area (Å²) < 4.78 is 7.62. The molecule has 0 saturated carbocycles. The molecule has 0 fully saturated rings. The van der Waals surface area contributed by atoms with Crippen molar-refractivity contribution in [2.75, 3.05) is 5.32 Å². The highest BCUT2D eigenvalue weighted by molar-refractivity contribution is 7.28. The van der Waals surface area contributed by atoms with Crippen LogP contribution in [0.4, 0.5) is 5.13 Å². The topological polar surface area (TPSA) is 85.1 Å². The fourth-order valence-electron chi connectivity index (χ4n) is 2.91. The molecule has 0 atom stereocenters. The minimum Gasteiger partial charge on any atom is -0.451 e. The van der Waals surface area contributed by atoms with E-state index < -0.39 is 5.91 Å². The molecule has 0 aliphatic rings. The van der Waals surface area contributed by atoms with Gasteiger partial charge in [-0.3, -0.25) is 14.9 Å². The van der Waals surface area contributed by atoms with Crippen LogP contribution in [-0.4, -0.2) is 15.9 Å². The Kier molecular flexibility index (Phi) is 3.56. The van der Waals surface area contributed by atoms with E-state index in [-0.39, 0.29) is 11.2 Å². The van der Waals surface area contributed by atoms with E-state index in [0.29, 0.717) is 16.1 Å². The molecule has 0 saturated heterocycles. The molecule has 1 amide bonds. The van der Waals surface area contributed by atoms with Crippen molar-refractivity contribution in [2.45, 2.75) is 6.92 Å². The van der Waals surface area contributed by atoms with Gasteiger partial charge in [-0.25, -0.2) is 9.97 Å². The van der Waals surface area contributed by atoms with Gasteiger partial charge >= 0.3 is 0 Å². The van der Waals surface area contributed by atoms with Gasteiger partial charge in [-0.1, -0.05) is 23.5 Å². The van der Waals surface area contributed by atoms with E-state index in [9.17, 15) is 9.59 Å². The second-order valence-electron chi connectivity index (χ2n) is 5.94. The quantitative estimate of drug-likeness (QED) is 0.475. The third-order valence-electron chi connectivity index (χ3n) is 4.10. The van der Waals surface area contributed by atoms with Crippen LogP contribution in [0.5, 0.6) is 0 Å². The van der Waals surface area contributed by atoms with Gasteiger partial charge in [-0.05, 0) is 31.2 Å². The number of nitrogens with one attached hydrogen (secondary N) is 1. The van der Waals surface area contributed by atoms with Crippen LogP contribution < -0.4 is 10.7 Å². The van der Waals surface area contributed by atoms with Crippen LogP contribution in [0.15, 0.2) is 51.7 Å². The first kappa shape index (κ1) is 16.1. The Morgan fingerprint density at radius 1 is 1.04 bits per heavy atom. The Labute approximate surface area is 160 Å². The summed E-state index contributed by atoms with van der Waals surface area (Å²) in [5.74, 6) is -0.551. The number of carbonyl (C=O) groups is 1. The smallest absolute Gasteiger partial charge is 0.293 e. The molecule has 5 aromatic rings. The van der Waals surface area contributed by atoms with Gasteiger partial charge in [0.05, 0.1) is 30.8 Å². The van der Waals surface area contributed by atoms with Crippen molar-refractivity contribution in [2.24, 2.45) is 0 Å². The molecule has 1 N–H and O–H groups in total. The fourth-order valence-corrected chi connectivity index (χ4v) is 4.91. The zero-order valence-corrected chi connectivity index (χ0v) is 15.6. The number of nitrogens with zero attached hydrogens (tertiary/aromatic N) is 2. The maximum atomic E-state index is 12.6. The molecule has 0 unspecified atom stereocenters. The lowest BCUT2D eigenvalue weighted by atomic mass is 10.2. The van der Waals surface area contributed by atoms with Gasteiger partial charge in [0.2, 0.25) is 0 Å². The highest BCUT2D eigenvalue weighted by Crippen LogP contribution is 2.35. The number of thiazole rings is 2. The Morgan fingerprint density at radius 2 is 1.78 bits per heavy atom. The van der Waals surface area contributed by atoms with E-state index in [1.165, 1.54) is 17.4 Å². The first-order chi connectivity index (χ1) is 13.1. The molecule has 2 aromatic carbocycles. The van der Waals surface area contributed by atoms with Crippen LogP contribution >= 0.6 is 22.7 Å². The standard InChI is InChI=1S/C19H11N3O3S2/c1-9-20-11-6-7-12-17(16(11)26-9)27-19(21-12)22-18(24)15-8-13(23)10-4-2-3-5-14(10)25-15/h2-8H,1H3,(H,21,22,24). The fraction of sp³-hybridized carbons (Fsp3) is 0.0526. The van der Waals surface area contributed by atoms with E-state index >= 15 is 0 Å². The van der Waals surface area contributed by atoms with Crippen LogP contribution in [0.1, 0.15) is 15.6 Å². The van der Waals surface area contributed by atoms with Crippen molar-refractivity contribution in [3.8, 4) is 0 Å². The first-order valence-corrected chi connectivity index (χ1v) is 9.73. The molecule has 0 aliphatic carbocycles. The number of fused-ring (bicyclic) bond motifs is 4. The number of rotatable bonds is 2. The van der Waals surface area contributed by atoms with Crippen molar-refractivity contribution in [3.05, 3.63) is 63.5 Å². The van der Waals surface area contributed by atoms with Crippen molar-refractivity contribution in [1.82, 2.24) is 9.97 Å². The molecule has 8 heteroatoms. The number of hydrogen-bond donors (Lipinski definition) is 1. The molecule has 6 nitrogen and oxygen atoms in total. The molecule has 3 heterocycles. The van der Waals surface area contributed by atoms with E-state index in [1.54, 1.807) is 35.6 Å². The number of hydrogen-bond acceptors (Lipinski definition) is 7. The van der Waals surface area contributed by atoms with Gasteiger partial charge in [0.1, 0.15) is 5.58 Å². The number of para-hydroxylation sites is 1. The first-order valence-electron chi connectivity index (χ1n) is 8.09. The minimum absolute atomic E-state index is 0.0447. The van der Waals surface area contributed by atoms with Crippen LogP contribution in [0.3, 0.4) is 0 Å². The van der Waals surface area contributed by atoms with Crippen LogP contribution in [0.2, 0.25) is 0 Å². The third kappa shape index (κ3) is 2.70. The van der Waals surface area contributed by atoms with Gasteiger partial charge in [0, 0.05) is 6.07 Å². The van der Waals surface area contributed by atoms with E-state index in [4.69, 9.17) is 4.42 Å². The number of amides is 1. The van der Waals surface area contributed by atoms with Gasteiger partial charge in [-0.2, -0.15) is 0 Å². The second-order valence-corrected chi connectivity index (χ2v) is 8.14. The molecular formula is C19H11N3O3S2. The lowest BCUT2D eigenvalue weighted by Gasteiger charge is -2.02. The van der Waals surface area contributed by atoms with E-state index in [1.807, 2.05) is 19.1 Å². The minimum atomic E-state index is -0.506. The summed E-state index contributed by atoms with van der Waals surface area (Å²) in [6, 6.07) is 11.8. The average molecular weight is 393 g/mol. The molecule has 0 aliphatic heterocycles. The Bertz CT molecular complexity index is 1410. The number of anilines is 1. The molecule has 0 bridgehead atoms. The lowest BCUT2D eigenvalue weighted by Crippen LogP contribution is -2.14. The predicted molar refractivity (Wildman–Crippen MR) is 108 cm³/mol. The van der Waals surface area contributed by atoms with Gasteiger partial charge in [0.15, 0.2) is 16.3 Å². The largest absolute Gasteiger partial charge is 0.451 e. The zero-order valence-electron chi connectivity index (χ0n) is 14.0. The number of aryl methyl sites for hydroxylation is 1. The summed E-state index contributed by atoms with van der Waals surface area (Å²) in [5.41, 5.74) is 1.84. The van der Waals surface area contributed by atoms with E-state index in [0.717, 1.165) is 25.4 Å². The predicted octanol–water partition coefficient (Wildman–Crippen LogP) is 4.57. The van der Waals surface area contributed by atoms with Gasteiger partial charge < -0.3 is 4.42 Å². The maximum Gasteiger partial charge on any atom is 0.293 e. The molecule has 0 spiro atoms. The highest BCUT2D eigenvalue weighted by atomic mass is 32.1. The summed E-state index contributed by atoms with van der Waals surface area (Å²) in [6.45, 7) is 1.96. The number of benzene rings is 2. The molecule has 132 valence electrons. The van der Waals surface area contributed by atoms with E-state index in [2.05, 4.69) is 15.3 Å². The van der Waals surface area contributed by atoms with Crippen LogP contribution in [0.25, 0.3) is 31.4 Å². The maximum absolute atomic E-state index is 12.6. The summed E-state index contributed by atoms with van der Waals surface area (Å²) in [5, 5.41) is 4.60. The summed E-state index contributed by atoms with van der Waals surface area (Å²) in [4.78, 5) is 33.7. The highest BCUT2D eigenvalue weighted by Gasteiger charge is 2.16. The zero-order chi connectivity index (χ0) is 18.5. The van der Waals surface area contributed by atoms with Crippen molar-refractivity contribution < 1.29 is 9.21 Å². The molecule has 27 heavy (non-hydrogen) atoms. The second kappa shape index (κ2) is 5.97. The number of aromatic nitrogens is 2. The summed E-state index contributed by atoms with van der Waals surface area (Å²) in [7, 11) is 0. The van der Waals surface area contributed by atoms with Crippen LogP contribution in [-0.2, 0) is 0 Å². The van der Waals surface area contributed by atoms with Crippen molar-refractivity contribution in [1.29, 1.82) is 0 Å². The summed E-state index contributed by atoms with van der Waals surface area (Å²) >= 11 is 2.98. The lowest BCUT2D eigenvalue weighted by molar-refractivity contribution is 0.0997. The Hall–Kier alpha value is -3.10. The van der Waals surface area contributed by atoms with Crippen molar-refractivity contribution in [3.63, 3.8) is 0 Å². The molecule has 5 rings (SSSR count). The Morgan fingerprint density at radius 3 is 2.63 bits per heavy atom. The SMILES string of the molecule is Cc1nc2ccc3nc(NC(=O)c4cc(=O)c5ccccc5o4)sc3c2s1. The van der Waals surface area contributed by atoms with Gasteiger partial charge in [-0.15, -0.1) is 11.3 Å². The Balaban J connectivity index is 1.54. The van der Waals surface area contributed by atoms with Crippen molar-refractivity contribution >= 4 is 65.1 Å². The van der Waals surface area contributed by atoms with Gasteiger partial charge in [0.25, 0.3) is 5.91 Å². The number of carbonyl (C=O) groups excluding carboxylic acids is 1. The monoisotopic (exact) mass is 393 g/mol. The normalized spacial score (nSPS) is 11.4. The molecule has 3 aromatic heterocycles. The van der Waals surface area contributed by atoms with Crippen LogP contribution in [0, 0.1) is 6.92 Å². The molecule has 0 radical (unpaired) electrons. The summed E-state index contributed by atoms with van der Waals surface area (Å²) in [6.07, 6.45) is 0.